The molecule has 1 aromatic carbocycles. The first-order valence-electron chi connectivity index (χ1n) is 4.29. The Labute approximate surface area is 140 Å². The molecule has 2 aromatic rings. The van der Waals surface area contributed by atoms with Crippen LogP contribution in [0.15, 0.2) is 0 Å². The fraction of sp³-hybridized carbons (Fsp3) is 0.400. The molecule has 15 heavy (non-hydrogen) atoms. The molecule has 0 aliphatic carbocycles. The summed E-state index contributed by atoms with van der Waals surface area (Å²) in [5, 5.41) is 8.61. The van der Waals surface area contributed by atoms with Crippen LogP contribution in [0.5, 0.6) is 0 Å². The van der Waals surface area contributed by atoms with Gasteiger partial charge in [0, 0.05) is 83.5 Å². The van der Waals surface area contributed by atoms with Crippen molar-refractivity contribution in [1.82, 2.24) is 15.0 Å². The van der Waals surface area contributed by atoms with Crippen LogP contribution in [0.2, 0.25) is 0 Å². The van der Waals surface area contributed by atoms with Gasteiger partial charge < -0.3 is 0 Å². The van der Waals surface area contributed by atoms with E-state index in [9.17, 15) is 0 Å². The number of hydrogen-bond acceptors (Lipinski definition) is 2. The molecule has 0 fully saturated rings. The maximum absolute atomic E-state index is 4.32. The predicted octanol–water partition coefficient (Wildman–Crippen LogP) is 1.69. The summed E-state index contributed by atoms with van der Waals surface area (Å²) in [4.78, 5) is 1.61. The number of benzene rings is 1. The minimum Gasteiger partial charge on any atom is -0.221 e. The average Bonchev–Trinajstić information content (AvgIpc) is 2.44. The molecule has 0 aliphatic rings. The van der Waals surface area contributed by atoms with Crippen LogP contribution in [0.3, 0.4) is 0 Å². The summed E-state index contributed by atoms with van der Waals surface area (Å²) in [5.74, 6) is 0. The molecule has 0 aliphatic heterocycles. The van der Waals surface area contributed by atoms with E-state index in [0.29, 0.717) is 0 Å². The molecule has 0 bridgehead atoms. The van der Waals surface area contributed by atoms with Crippen molar-refractivity contribution in [3.05, 3.63) is 22.8 Å². The van der Waals surface area contributed by atoms with Crippen LogP contribution in [0.1, 0.15) is 16.7 Å². The van der Waals surface area contributed by atoms with E-state index in [0.717, 1.165) is 22.2 Å². The summed E-state index contributed by atoms with van der Waals surface area (Å²) in [6, 6.07) is 3.28. The van der Waals surface area contributed by atoms with Gasteiger partial charge >= 0.3 is 0 Å². The molecular formula is C10H12N3Y2-. The van der Waals surface area contributed by atoms with Crippen LogP contribution in [0, 0.1) is 26.8 Å². The van der Waals surface area contributed by atoms with E-state index in [1.165, 1.54) is 5.56 Å². The van der Waals surface area contributed by atoms with Gasteiger partial charge in [-0.15, -0.1) is 11.1 Å². The molecule has 0 saturated carbocycles. The Morgan fingerprint density at radius 2 is 1.47 bits per heavy atom. The molecule has 0 spiro atoms. The van der Waals surface area contributed by atoms with Gasteiger partial charge in [-0.3, -0.25) is 0 Å². The molecule has 3 nitrogen and oxygen atoms in total. The maximum atomic E-state index is 4.32. The van der Waals surface area contributed by atoms with Crippen molar-refractivity contribution in [2.45, 2.75) is 20.8 Å². The van der Waals surface area contributed by atoms with Crippen LogP contribution in [-0.4, -0.2) is 15.0 Å². The Balaban J connectivity index is 0.000000980. The molecule has 2 radical (unpaired) electrons. The first-order chi connectivity index (χ1) is 6.09. The molecule has 0 unspecified atom stereocenters. The fourth-order valence-electron chi connectivity index (χ4n) is 1.52. The maximum Gasteiger partial charge on any atom is 0.0483 e. The van der Waals surface area contributed by atoms with Gasteiger partial charge in [0.25, 0.3) is 0 Å². The summed E-state index contributed by atoms with van der Waals surface area (Å²) in [7, 11) is 1.84. The minimum atomic E-state index is 0. The standard InChI is InChI=1S/C10H12N3.2Y/c1-6-5-7(2)9-10(8(6)3)12-13(4)11-9;;/h1-4H3;;/q-1;;. The fourth-order valence-corrected chi connectivity index (χ4v) is 1.52. The van der Waals surface area contributed by atoms with E-state index < -0.39 is 0 Å². The number of rotatable bonds is 0. The van der Waals surface area contributed by atoms with Crippen LogP contribution >= 0.6 is 0 Å². The van der Waals surface area contributed by atoms with Gasteiger partial charge in [0.1, 0.15) is 0 Å². The Hall–Kier alpha value is 0.828. The normalized spacial score (nSPS) is 9.60. The monoisotopic (exact) mass is 352 g/mol. The molecule has 5 heteroatoms. The summed E-state index contributed by atoms with van der Waals surface area (Å²) in [5.41, 5.74) is 5.37. The smallest absolute Gasteiger partial charge is 0.0483 e. The van der Waals surface area contributed by atoms with E-state index in [4.69, 9.17) is 0 Å². The van der Waals surface area contributed by atoms with Crippen molar-refractivity contribution in [1.29, 1.82) is 0 Å². The van der Waals surface area contributed by atoms with Gasteiger partial charge in [0.2, 0.25) is 0 Å². The summed E-state index contributed by atoms with van der Waals surface area (Å²) in [6.45, 7) is 6.13. The summed E-state index contributed by atoms with van der Waals surface area (Å²) < 4.78 is 0. The molecule has 2 rings (SSSR count). The van der Waals surface area contributed by atoms with Gasteiger partial charge in [-0.1, -0.05) is 20.8 Å². The van der Waals surface area contributed by atoms with Crippen molar-refractivity contribution < 1.29 is 65.4 Å². The molecule has 0 saturated heterocycles. The van der Waals surface area contributed by atoms with E-state index in [1.54, 1.807) is 4.80 Å². The molecule has 0 N–H and O–H groups in total. The van der Waals surface area contributed by atoms with Gasteiger partial charge in [0.15, 0.2) is 0 Å². The Bertz CT molecular complexity index is 477. The van der Waals surface area contributed by atoms with Gasteiger partial charge in [-0.25, -0.2) is 9.90 Å². The van der Waals surface area contributed by atoms with E-state index in [1.807, 2.05) is 14.0 Å². The summed E-state index contributed by atoms with van der Waals surface area (Å²) in [6.07, 6.45) is 0. The SMILES string of the molecule is Cc1[c-]c(C)c2nn(C)nc2c1C.[Y].[Y]. The van der Waals surface area contributed by atoms with Crippen molar-refractivity contribution in [2.24, 2.45) is 7.05 Å². The van der Waals surface area contributed by atoms with Crippen LogP contribution in [-0.2, 0) is 72.5 Å². The zero-order chi connectivity index (χ0) is 9.59. The van der Waals surface area contributed by atoms with Crippen molar-refractivity contribution in [3.63, 3.8) is 0 Å². The number of hydrogen-bond donors (Lipinski definition) is 0. The zero-order valence-electron chi connectivity index (χ0n) is 9.50. The summed E-state index contributed by atoms with van der Waals surface area (Å²) >= 11 is 0. The largest absolute Gasteiger partial charge is 0.221 e. The quantitative estimate of drug-likeness (QED) is 0.676. The van der Waals surface area contributed by atoms with Crippen LogP contribution in [0.25, 0.3) is 11.0 Å². The number of aromatic nitrogens is 3. The number of fused-ring (bicyclic) bond motifs is 1. The van der Waals surface area contributed by atoms with E-state index in [2.05, 4.69) is 30.1 Å². The van der Waals surface area contributed by atoms with E-state index >= 15 is 0 Å². The van der Waals surface area contributed by atoms with Crippen LogP contribution < -0.4 is 0 Å². The molecule has 74 valence electrons. The first-order valence-corrected chi connectivity index (χ1v) is 4.29. The van der Waals surface area contributed by atoms with Crippen molar-refractivity contribution in [2.75, 3.05) is 0 Å². The van der Waals surface area contributed by atoms with Gasteiger partial charge in [-0.05, 0) is 0 Å². The predicted molar refractivity (Wildman–Crippen MR) is 51.6 cm³/mol. The second-order valence-corrected chi connectivity index (χ2v) is 3.39. The Morgan fingerprint density at radius 1 is 0.933 bits per heavy atom. The number of aryl methyl sites for hydroxylation is 4. The Morgan fingerprint density at radius 3 is 2.07 bits per heavy atom. The number of nitrogens with zero attached hydrogens (tertiary/aromatic N) is 3. The first kappa shape index (κ1) is 15.8. The third-order valence-corrected chi connectivity index (χ3v) is 2.36. The van der Waals surface area contributed by atoms with E-state index in [-0.39, 0.29) is 65.4 Å². The van der Waals surface area contributed by atoms with Crippen molar-refractivity contribution >= 4 is 11.0 Å². The minimum absolute atomic E-state index is 0. The second kappa shape index (κ2) is 5.95. The zero-order valence-corrected chi connectivity index (χ0v) is 15.2. The molecule has 0 amide bonds. The molecule has 1 aromatic heterocycles. The third kappa shape index (κ3) is 2.94. The van der Waals surface area contributed by atoms with Crippen molar-refractivity contribution in [3.8, 4) is 0 Å². The molecular weight excluding hydrogens is 340 g/mol. The Kier molecular flexibility index (Phi) is 6.28. The average molecular weight is 352 g/mol. The van der Waals surface area contributed by atoms with Crippen LogP contribution in [0.4, 0.5) is 0 Å². The molecule has 0 atom stereocenters. The molecule has 1 heterocycles. The van der Waals surface area contributed by atoms with Gasteiger partial charge in [-0.2, -0.15) is 16.7 Å². The second-order valence-electron chi connectivity index (χ2n) is 3.39. The topological polar surface area (TPSA) is 30.7 Å². The third-order valence-electron chi connectivity index (χ3n) is 2.36. The van der Waals surface area contributed by atoms with Gasteiger partial charge in [0.05, 0.1) is 0 Å².